The van der Waals surface area contributed by atoms with Crippen molar-refractivity contribution in [1.82, 2.24) is 5.32 Å². The van der Waals surface area contributed by atoms with Gasteiger partial charge < -0.3 is 15.5 Å². The van der Waals surface area contributed by atoms with Gasteiger partial charge in [-0.2, -0.15) is 0 Å². The molecule has 1 aliphatic rings. The highest BCUT2D eigenvalue weighted by atomic mass is 16.4. The van der Waals surface area contributed by atoms with Crippen LogP contribution in [0.25, 0.3) is 0 Å². The molecule has 0 saturated heterocycles. The third-order valence-electron chi connectivity index (χ3n) is 1.77. The van der Waals surface area contributed by atoms with Gasteiger partial charge in [0.2, 0.25) is 0 Å². The maximum absolute atomic E-state index is 10.7. The molecule has 0 aromatic carbocycles. The third kappa shape index (κ3) is 3.68. The number of allylic oxidation sites excluding steroid dienone is 3. The summed E-state index contributed by atoms with van der Waals surface area (Å²) in [5.41, 5.74) is 0.261. The van der Waals surface area contributed by atoms with E-state index in [0.29, 0.717) is 11.8 Å². The number of hydrogen-bond acceptors (Lipinski definition) is 3. The summed E-state index contributed by atoms with van der Waals surface area (Å²) in [5.74, 6) is -2.59. The van der Waals surface area contributed by atoms with E-state index >= 15 is 0 Å². The van der Waals surface area contributed by atoms with Crippen molar-refractivity contribution in [2.24, 2.45) is 0 Å². The number of rotatable bonds is 4. The average Bonchev–Trinajstić information content (AvgIpc) is 2.17. The van der Waals surface area contributed by atoms with Gasteiger partial charge in [-0.3, -0.25) is 0 Å². The van der Waals surface area contributed by atoms with Gasteiger partial charge in [0.15, 0.2) is 0 Å². The molecule has 3 N–H and O–H groups in total. The van der Waals surface area contributed by atoms with Crippen molar-refractivity contribution < 1.29 is 19.8 Å². The first-order valence-electron chi connectivity index (χ1n) is 4.41. The standard InChI is InChI=1S/C10H11NO4/c12-9(13)6-8(10(14)15)11-7-4-2-1-3-5-7/h2,4-6,11H,1,3H2,(H,12,13)(H,14,15)/b8-6+. The van der Waals surface area contributed by atoms with E-state index in [9.17, 15) is 9.59 Å². The Labute approximate surface area is 86.4 Å². The van der Waals surface area contributed by atoms with Crippen LogP contribution in [0.4, 0.5) is 0 Å². The third-order valence-corrected chi connectivity index (χ3v) is 1.77. The minimum absolute atomic E-state index is 0.347. The fourth-order valence-corrected chi connectivity index (χ4v) is 1.14. The van der Waals surface area contributed by atoms with Crippen molar-refractivity contribution in [3.8, 4) is 0 Å². The molecule has 1 aliphatic carbocycles. The molecule has 0 heterocycles. The highest BCUT2D eigenvalue weighted by Crippen LogP contribution is 2.08. The van der Waals surface area contributed by atoms with Crippen molar-refractivity contribution >= 4 is 11.9 Å². The van der Waals surface area contributed by atoms with E-state index in [2.05, 4.69) is 5.32 Å². The summed E-state index contributed by atoms with van der Waals surface area (Å²) < 4.78 is 0. The first-order chi connectivity index (χ1) is 7.09. The topological polar surface area (TPSA) is 86.6 Å². The number of carboxylic acids is 2. The van der Waals surface area contributed by atoms with Gasteiger partial charge in [0, 0.05) is 5.70 Å². The number of hydrogen-bond donors (Lipinski definition) is 3. The average molecular weight is 209 g/mol. The van der Waals surface area contributed by atoms with Crippen LogP contribution in [0, 0.1) is 0 Å². The van der Waals surface area contributed by atoms with E-state index in [-0.39, 0.29) is 5.70 Å². The van der Waals surface area contributed by atoms with E-state index in [1.165, 1.54) is 0 Å². The first-order valence-corrected chi connectivity index (χ1v) is 4.41. The van der Waals surface area contributed by atoms with Gasteiger partial charge in [0.05, 0.1) is 6.08 Å². The zero-order valence-electron chi connectivity index (χ0n) is 7.93. The second-order valence-corrected chi connectivity index (χ2v) is 2.97. The first kappa shape index (κ1) is 11.0. The second kappa shape index (κ2) is 4.99. The largest absolute Gasteiger partial charge is 0.478 e. The van der Waals surface area contributed by atoms with Gasteiger partial charge in [0.25, 0.3) is 0 Å². The van der Waals surface area contributed by atoms with Gasteiger partial charge in [-0.25, -0.2) is 9.59 Å². The molecule has 0 radical (unpaired) electrons. The van der Waals surface area contributed by atoms with E-state index < -0.39 is 11.9 Å². The predicted molar refractivity (Wildman–Crippen MR) is 52.9 cm³/mol. The summed E-state index contributed by atoms with van der Waals surface area (Å²) in [7, 11) is 0. The lowest BCUT2D eigenvalue weighted by Gasteiger charge is -2.09. The Kier molecular flexibility index (Phi) is 3.68. The predicted octanol–water partition coefficient (Wildman–Crippen LogP) is 0.863. The Bertz CT molecular complexity index is 366. The summed E-state index contributed by atoms with van der Waals surface area (Å²) in [4.78, 5) is 21.0. The van der Waals surface area contributed by atoms with Gasteiger partial charge in [-0.15, -0.1) is 0 Å². The van der Waals surface area contributed by atoms with Crippen LogP contribution in [0.2, 0.25) is 0 Å². The maximum atomic E-state index is 10.7. The Morgan fingerprint density at radius 3 is 2.53 bits per heavy atom. The molecule has 15 heavy (non-hydrogen) atoms. The van der Waals surface area contributed by atoms with Crippen LogP contribution in [-0.2, 0) is 9.59 Å². The minimum atomic E-state index is -1.29. The molecule has 1 rings (SSSR count). The van der Waals surface area contributed by atoms with Crippen LogP contribution in [0.3, 0.4) is 0 Å². The van der Waals surface area contributed by atoms with E-state index in [1.807, 2.05) is 12.2 Å². The summed E-state index contributed by atoms with van der Waals surface area (Å²) in [6.07, 6.45) is 7.80. The van der Waals surface area contributed by atoms with Gasteiger partial charge in [-0.05, 0) is 18.9 Å². The molecule has 0 aromatic heterocycles. The zero-order valence-corrected chi connectivity index (χ0v) is 7.93. The van der Waals surface area contributed by atoms with Crippen LogP contribution in [0.1, 0.15) is 12.8 Å². The Balaban J connectivity index is 2.75. The van der Waals surface area contributed by atoms with Gasteiger partial charge in [0.1, 0.15) is 5.70 Å². The Hall–Kier alpha value is -2.04. The van der Waals surface area contributed by atoms with Crippen LogP contribution in [-0.4, -0.2) is 22.2 Å². The quantitative estimate of drug-likeness (QED) is 0.598. The van der Waals surface area contributed by atoms with Crippen molar-refractivity contribution in [3.05, 3.63) is 35.7 Å². The molecular formula is C10H11NO4. The number of nitrogens with one attached hydrogen (secondary N) is 1. The Morgan fingerprint density at radius 2 is 2.07 bits per heavy atom. The fourth-order valence-electron chi connectivity index (χ4n) is 1.14. The van der Waals surface area contributed by atoms with Crippen LogP contribution in [0.15, 0.2) is 35.7 Å². The van der Waals surface area contributed by atoms with Gasteiger partial charge in [-0.1, -0.05) is 12.2 Å². The Morgan fingerprint density at radius 1 is 1.33 bits per heavy atom. The van der Waals surface area contributed by atoms with Crippen LogP contribution >= 0.6 is 0 Å². The monoisotopic (exact) mass is 209 g/mol. The summed E-state index contributed by atoms with van der Waals surface area (Å²) in [6.45, 7) is 0. The van der Waals surface area contributed by atoms with Crippen LogP contribution < -0.4 is 5.32 Å². The fraction of sp³-hybridized carbons (Fsp3) is 0.200. The molecule has 0 atom stereocenters. The molecule has 0 aromatic rings. The lowest BCUT2D eigenvalue weighted by Crippen LogP contribution is -2.20. The summed E-state index contributed by atoms with van der Waals surface area (Å²) in [5, 5.41) is 19.7. The highest BCUT2D eigenvalue weighted by Gasteiger charge is 2.10. The molecule has 0 bridgehead atoms. The molecule has 0 saturated carbocycles. The zero-order chi connectivity index (χ0) is 11.3. The molecule has 0 fully saturated rings. The number of aliphatic carboxylic acids is 2. The van der Waals surface area contributed by atoms with Gasteiger partial charge >= 0.3 is 11.9 Å². The number of carboxylic acid groups (broad SMARTS) is 2. The van der Waals surface area contributed by atoms with E-state index in [1.54, 1.807) is 6.08 Å². The normalized spacial score (nSPS) is 15.7. The minimum Gasteiger partial charge on any atom is -0.478 e. The molecule has 80 valence electrons. The molecule has 5 nitrogen and oxygen atoms in total. The SMILES string of the molecule is O=C(O)/C=C(/NC1=CCCC=C1)C(=O)O. The smallest absolute Gasteiger partial charge is 0.352 e. The molecule has 0 amide bonds. The summed E-state index contributed by atoms with van der Waals surface area (Å²) in [6, 6.07) is 0. The maximum Gasteiger partial charge on any atom is 0.352 e. The van der Waals surface area contributed by atoms with Crippen molar-refractivity contribution in [2.45, 2.75) is 12.8 Å². The van der Waals surface area contributed by atoms with Crippen molar-refractivity contribution in [1.29, 1.82) is 0 Å². The molecule has 0 spiro atoms. The molecular weight excluding hydrogens is 198 g/mol. The van der Waals surface area contributed by atoms with Crippen LogP contribution in [0.5, 0.6) is 0 Å². The van der Waals surface area contributed by atoms with E-state index in [4.69, 9.17) is 10.2 Å². The molecule has 5 heteroatoms. The number of carbonyl (C=O) groups is 2. The van der Waals surface area contributed by atoms with Crippen molar-refractivity contribution in [3.63, 3.8) is 0 Å². The molecule has 0 unspecified atom stereocenters. The van der Waals surface area contributed by atoms with E-state index in [0.717, 1.165) is 12.8 Å². The summed E-state index contributed by atoms with van der Waals surface area (Å²) >= 11 is 0. The highest BCUT2D eigenvalue weighted by molar-refractivity contribution is 5.94. The second-order valence-electron chi connectivity index (χ2n) is 2.97. The lowest BCUT2D eigenvalue weighted by atomic mass is 10.1. The molecule has 0 aliphatic heterocycles. The van der Waals surface area contributed by atoms with Crippen molar-refractivity contribution in [2.75, 3.05) is 0 Å². The lowest BCUT2D eigenvalue weighted by molar-refractivity contribution is -0.135.